The molecule has 2 aromatic heterocycles. The van der Waals surface area contributed by atoms with Crippen molar-refractivity contribution in [2.45, 2.75) is 18.9 Å². The van der Waals surface area contributed by atoms with E-state index < -0.39 is 5.91 Å². The average Bonchev–Trinajstić information content (AvgIpc) is 3.35. The predicted octanol–water partition coefficient (Wildman–Crippen LogP) is 2.72. The molecule has 0 radical (unpaired) electrons. The van der Waals surface area contributed by atoms with Crippen LogP contribution in [0.15, 0.2) is 70.1 Å². The van der Waals surface area contributed by atoms with Gasteiger partial charge >= 0.3 is 0 Å². The topological polar surface area (TPSA) is 93.8 Å². The van der Waals surface area contributed by atoms with Crippen LogP contribution in [0.2, 0.25) is 0 Å². The Morgan fingerprint density at radius 1 is 1.03 bits per heavy atom. The van der Waals surface area contributed by atoms with Crippen LogP contribution in [0, 0.1) is 5.92 Å². The molecule has 8 heteroatoms. The van der Waals surface area contributed by atoms with E-state index in [9.17, 15) is 14.4 Å². The molecule has 4 heterocycles. The zero-order valence-corrected chi connectivity index (χ0v) is 17.4. The molecule has 8 nitrogen and oxygen atoms in total. The Morgan fingerprint density at radius 2 is 1.88 bits per heavy atom. The molecule has 0 saturated carbocycles. The number of hydrogen-bond donors (Lipinski definition) is 1. The molecule has 2 bridgehead atoms. The van der Waals surface area contributed by atoms with E-state index in [0.29, 0.717) is 25.4 Å². The van der Waals surface area contributed by atoms with Gasteiger partial charge in [0.2, 0.25) is 0 Å². The first-order valence-corrected chi connectivity index (χ1v) is 10.6. The van der Waals surface area contributed by atoms with Crippen molar-refractivity contribution in [2.24, 2.45) is 5.92 Å². The Morgan fingerprint density at radius 3 is 2.66 bits per heavy atom. The maximum atomic E-state index is 13.0. The first-order valence-electron chi connectivity index (χ1n) is 10.6. The van der Waals surface area contributed by atoms with Gasteiger partial charge in [-0.25, -0.2) is 0 Å². The van der Waals surface area contributed by atoms with Crippen LogP contribution in [-0.2, 0) is 11.3 Å². The number of furan rings is 1. The van der Waals surface area contributed by atoms with Crippen molar-refractivity contribution in [2.75, 3.05) is 25.0 Å². The third-order valence-electron chi connectivity index (χ3n) is 6.06. The third kappa shape index (κ3) is 3.91. The van der Waals surface area contributed by atoms with Gasteiger partial charge in [-0.2, -0.15) is 0 Å². The third-order valence-corrected chi connectivity index (χ3v) is 6.06. The number of hydrogen-bond acceptors (Lipinski definition) is 5. The molecule has 1 saturated heterocycles. The van der Waals surface area contributed by atoms with E-state index >= 15 is 0 Å². The highest BCUT2D eigenvalue weighted by molar-refractivity contribution is 6.02. The number of nitrogens with one attached hydrogen (secondary N) is 1. The number of aromatic nitrogens is 1. The molecular weight excluding hydrogens is 410 g/mol. The number of rotatable bonds is 5. The predicted molar refractivity (Wildman–Crippen MR) is 117 cm³/mol. The molecule has 1 aromatic carbocycles. The number of carbonyl (C=O) groups excluding carboxylic acids is 2. The zero-order chi connectivity index (χ0) is 22.1. The van der Waals surface area contributed by atoms with Gasteiger partial charge in [0.25, 0.3) is 17.4 Å². The highest BCUT2D eigenvalue weighted by Gasteiger charge is 2.36. The number of para-hydroxylation sites is 1. The molecule has 1 fully saturated rings. The summed E-state index contributed by atoms with van der Waals surface area (Å²) in [6, 6.07) is 15.9. The van der Waals surface area contributed by atoms with Crippen molar-refractivity contribution in [1.29, 1.82) is 0 Å². The summed E-state index contributed by atoms with van der Waals surface area (Å²) in [7, 11) is 0. The van der Waals surface area contributed by atoms with Crippen LogP contribution in [0.5, 0.6) is 5.75 Å². The van der Waals surface area contributed by atoms with Crippen molar-refractivity contribution in [3.63, 3.8) is 0 Å². The number of amides is 2. The van der Waals surface area contributed by atoms with Gasteiger partial charge in [0.15, 0.2) is 12.4 Å². The van der Waals surface area contributed by atoms with Crippen molar-refractivity contribution in [3.05, 3.63) is 82.7 Å². The number of anilines is 1. The van der Waals surface area contributed by atoms with Crippen LogP contribution in [0.1, 0.15) is 28.6 Å². The van der Waals surface area contributed by atoms with E-state index in [4.69, 9.17) is 9.15 Å². The van der Waals surface area contributed by atoms with Gasteiger partial charge in [0.05, 0.1) is 6.26 Å². The molecule has 2 amide bonds. The summed E-state index contributed by atoms with van der Waals surface area (Å²) in [5.74, 6) is 0.553. The van der Waals surface area contributed by atoms with Crippen LogP contribution < -0.4 is 15.6 Å². The molecule has 32 heavy (non-hydrogen) atoms. The Labute approximate surface area is 184 Å². The van der Waals surface area contributed by atoms with E-state index in [-0.39, 0.29) is 41.4 Å². The number of likely N-dealkylation sites (tertiary alicyclic amines) is 1. The normalized spacial score (nSPS) is 19.2. The summed E-state index contributed by atoms with van der Waals surface area (Å²) < 4.78 is 12.5. The fourth-order valence-electron chi connectivity index (χ4n) is 4.59. The minimum absolute atomic E-state index is 0.00594. The van der Waals surface area contributed by atoms with Crippen LogP contribution >= 0.6 is 0 Å². The molecule has 2 atom stereocenters. The molecule has 3 aromatic rings. The molecule has 0 spiro atoms. The largest absolute Gasteiger partial charge is 0.484 e. The van der Waals surface area contributed by atoms with Gasteiger partial charge in [-0.3, -0.25) is 14.4 Å². The smallest absolute Gasteiger partial charge is 0.291 e. The van der Waals surface area contributed by atoms with Gasteiger partial charge in [-0.1, -0.05) is 18.2 Å². The van der Waals surface area contributed by atoms with Crippen molar-refractivity contribution in [1.82, 2.24) is 9.47 Å². The SMILES string of the molecule is O=C(Nc1ccc2n(c1=O)C[C@H]1C[C@@H]2CN(C(=O)COc2ccccc2)C1)c1ccco1. The van der Waals surface area contributed by atoms with E-state index in [2.05, 4.69) is 5.32 Å². The van der Waals surface area contributed by atoms with Crippen LogP contribution in [-0.4, -0.2) is 41.0 Å². The summed E-state index contributed by atoms with van der Waals surface area (Å²) in [6.07, 6.45) is 2.34. The van der Waals surface area contributed by atoms with E-state index in [1.165, 1.54) is 6.26 Å². The first-order chi connectivity index (χ1) is 15.6. The molecular formula is C24H23N3O5. The van der Waals surface area contributed by atoms with Crippen molar-refractivity contribution < 1.29 is 18.7 Å². The van der Waals surface area contributed by atoms with E-state index in [0.717, 1.165) is 12.1 Å². The monoisotopic (exact) mass is 433 g/mol. The Kier molecular flexibility index (Phi) is 5.26. The molecule has 0 unspecified atom stereocenters. The standard InChI is InChI=1S/C24H23N3O5/c28-22(15-32-18-5-2-1-3-6-18)26-12-16-11-17(14-26)20-9-8-19(24(30)27(20)13-16)25-23(29)21-7-4-10-31-21/h1-10,16-17H,11-15H2,(H,25,29)/t16-,17+/m0/s1. The van der Waals surface area contributed by atoms with E-state index in [1.807, 2.05) is 41.3 Å². The number of fused-ring (bicyclic) bond motifs is 4. The zero-order valence-electron chi connectivity index (χ0n) is 17.4. The molecule has 164 valence electrons. The van der Waals surface area contributed by atoms with Crippen molar-refractivity contribution >= 4 is 17.5 Å². The highest BCUT2D eigenvalue weighted by atomic mass is 16.5. The minimum Gasteiger partial charge on any atom is -0.484 e. The van der Waals surface area contributed by atoms with Crippen LogP contribution in [0.3, 0.4) is 0 Å². The fraction of sp³-hybridized carbons (Fsp3) is 0.292. The van der Waals surface area contributed by atoms with Crippen LogP contribution in [0.25, 0.3) is 0 Å². The van der Waals surface area contributed by atoms with Gasteiger partial charge in [0.1, 0.15) is 11.4 Å². The molecule has 0 aliphatic carbocycles. The second kappa shape index (κ2) is 8.37. The molecule has 2 aliphatic heterocycles. The van der Waals surface area contributed by atoms with E-state index in [1.54, 1.807) is 22.8 Å². The quantitative estimate of drug-likeness (QED) is 0.668. The lowest BCUT2D eigenvalue weighted by Gasteiger charge is -2.42. The molecule has 1 N–H and O–H groups in total. The molecule has 2 aliphatic rings. The highest BCUT2D eigenvalue weighted by Crippen LogP contribution is 2.35. The number of pyridine rings is 1. The van der Waals surface area contributed by atoms with Gasteiger partial charge in [-0.15, -0.1) is 0 Å². The van der Waals surface area contributed by atoms with Gasteiger partial charge in [0, 0.05) is 31.2 Å². The van der Waals surface area contributed by atoms with Gasteiger partial charge < -0.3 is 23.9 Å². The van der Waals surface area contributed by atoms with Gasteiger partial charge in [-0.05, 0) is 48.7 Å². The molecule has 5 rings (SSSR count). The maximum absolute atomic E-state index is 13.0. The lowest BCUT2D eigenvalue weighted by atomic mass is 9.83. The second-order valence-corrected chi connectivity index (χ2v) is 8.22. The minimum atomic E-state index is -0.459. The summed E-state index contributed by atoms with van der Waals surface area (Å²) in [5, 5.41) is 2.64. The second-order valence-electron chi connectivity index (χ2n) is 8.22. The average molecular weight is 433 g/mol. The number of nitrogens with zero attached hydrogens (tertiary/aromatic N) is 2. The lowest BCUT2D eigenvalue weighted by molar-refractivity contribution is -0.136. The summed E-state index contributed by atoms with van der Waals surface area (Å²) in [4.78, 5) is 39.9. The number of carbonyl (C=O) groups is 2. The Bertz CT molecular complexity index is 1190. The maximum Gasteiger partial charge on any atom is 0.291 e. The Balaban J connectivity index is 1.29. The Hall–Kier alpha value is -3.81. The number of ether oxygens (including phenoxy) is 1. The summed E-state index contributed by atoms with van der Waals surface area (Å²) in [6.45, 7) is 1.64. The summed E-state index contributed by atoms with van der Waals surface area (Å²) in [5.41, 5.74) is 0.882. The lowest BCUT2D eigenvalue weighted by Crippen LogP contribution is -2.50. The summed E-state index contributed by atoms with van der Waals surface area (Å²) >= 11 is 0. The number of piperidine rings is 1. The first kappa shape index (κ1) is 20.1. The fourth-order valence-corrected chi connectivity index (χ4v) is 4.59. The number of benzene rings is 1. The van der Waals surface area contributed by atoms with Crippen LogP contribution in [0.4, 0.5) is 5.69 Å². The van der Waals surface area contributed by atoms with Crippen molar-refractivity contribution in [3.8, 4) is 5.75 Å².